The largest absolute Gasteiger partial charge is 0.459 e. The van der Waals surface area contributed by atoms with Crippen molar-refractivity contribution in [2.45, 2.75) is 12.7 Å². The van der Waals surface area contributed by atoms with Crippen LogP contribution in [0, 0.1) is 0 Å². The second kappa shape index (κ2) is 5.17. The van der Waals surface area contributed by atoms with E-state index < -0.39 is 11.7 Å². The standard InChI is InChI=1S/C13H10F3NO2/c14-13(15,16)10-3-1-9(2-4-10)12-6-5-11(19-12)7-17-8-18/h1-6,8H,7H2,(H,17,18). The molecule has 1 amide bonds. The number of halogens is 3. The van der Waals surface area contributed by atoms with Gasteiger partial charge in [0.1, 0.15) is 11.5 Å². The first-order chi connectivity index (χ1) is 9.00. The van der Waals surface area contributed by atoms with E-state index in [4.69, 9.17) is 4.42 Å². The molecular formula is C13H10F3NO2. The number of hydrogen-bond acceptors (Lipinski definition) is 2. The van der Waals surface area contributed by atoms with Crippen LogP contribution in [0.15, 0.2) is 40.8 Å². The Balaban J connectivity index is 2.18. The van der Waals surface area contributed by atoms with Crippen molar-refractivity contribution >= 4 is 6.41 Å². The van der Waals surface area contributed by atoms with Crippen LogP contribution in [-0.2, 0) is 17.5 Å². The van der Waals surface area contributed by atoms with Gasteiger partial charge in [-0.3, -0.25) is 4.79 Å². The van der Waals surface area contributed by atoms with E-state index in [2.05, 4.69) is 5.32 Å². The minimum Gasteiger partial charge on any atom is -0.459 e. The van der Waals surface area contributed by atoms with Gasteiger partial charge in [-0.15, -0.1) is 0 Å². The lowest BCUT2D eigenvalue weighted by Gasteiger charge is -2.06. The molecule has 0 saturated carbocycles. The molecule has 0 radical (unpaired) electrons. The van der Waals surface area contributed by atoms with E-state index in [0.717, 1.165) is 12.1 Å². The van der Waals surface area contributed by atoms with Crippen LogP contribution in [0.1, 0.15) is 11.3 Å². The zero-order valence-corrected chi connectivity index (χ0v) is 9.70. The van der Waals surface area contributed by atoms with Crippen molar-refractivity contribution in [2.24, 2.45) is 0 Å². The Bertz CT molecular complexity index is 558. The van der Waals surface area contributed by atoms with Crippen molar-refractivity contribution in [3.05, 3.63) is 47.7 Å². The predicted molar refractivity (Wildman–Crippen MR) is 62.0 cm³/mol. The van der Waals surface area contributed by atoms with Gasteiger partial charge in [-0.1, -0.05) is 12.1 Å². The van der Waals surface area contributed by atoms with Gasteiger partial charge in [0.05, 0.1) is 12.1 Å². The van der Waals surface area contributed by atoms with Crippen molar-refractivity contribution in [1.29, 1.82) is 0 Å². The lowest BCUT2D eigenvalue weighted by molar-refractivity contribution is -0.137. The first-order valence-electron chi connectivity index (χ1n) is 5.44. The Hall–Kier alpha value is -2.24. The molecule has 0 aliphatic carbocycles. The molecule has 2 rings (SSSR count). The third-order valence-electron chi connectivity index (χ3n) is 2.52. The van der Waals surface area contributed by atoms with Crippen LogP contribution in [0.2, 0.25) is 0 Å². The minimum atomic E-state index is -4.35. The van der Waals surface area contributed by atoms with E-state index in [9.17, 15) is 18.0 Å². The lowest BCUT2D eigenvalue weighted by Crippen LogP contribution is -2.08. The summed E-state index contributed by atoms with van der Waals surface area (Å²) in [4.78, 5) is 10.1. The van der Waals surface area contributed by atoms with E-state index in [1.165, 1.54) is 12.1 Å². The van der Waals surface area contributed by atoms with Crippen molar-refractivity contribution in [3.8, 4) is 11.3 Å². The van der Waals surface area contributed by atoms with Crippen LogP contribution in [0.25, 0.3) is 11.3 Å². The first-order valence-corrected chi connectivity index (χ1v) is 5.44. The van der Waals surface area contributed by atoms with Crippen LogP contribution in [0.3, 0.4) is 0 Å². The highest BCUT2D eigenvalue weighted by Crippen LogP contribution is 2.31. The van der Waals surface area contributed by atoms with Crippen molar-refractivity contribution in [3.63, 3.8) is 0 Å². The Morgan fingerprint density at radius 2 is 1.79 bits per heavy atom. The predicted octanol–water partition coefficient (Wildman–Crippen LogP) is 3.21. The summed E-state index contributed by atoms with van der Waals surface area (Å²) >= 11 is 0. The van der Waals surface area contributed by atoms with Crippen LogP contribution in [-0.4, -0.2) is 6.41 Å². The first kappa shape index (κ1) is 13.2. The molecule has 0 spiro atoms. The molecule has 0 atom stereocenters. The van der Waals surface area contributed by atoms with Gasteiger partial charge in [-0.2, -0.15) is 13.2 Å². The summed E-state index contributed by atoms with van der Waals surface area (Å²) in [6, 6.07) is 7.99. The highest BCUT2D eigenvalue weighted by atomic mass is 19.4. The average Bonchev–Trinajstić information content (AvgIpc) is 2.84. The molecule has 6 heteroatoms. The fourth-order valence-corrected chi connectivity index (χ4v) is 1.59. The number of hydrogen-bond donors (Lipinski definition) is 1. The summed E-state index contributed by atoms with van der Waals surface area (Å²) in [7, 11) is 0. The molecule has 1 N–H and O–H groups in total. The van der Waals surface area contributed by atoms with Crippen molar-refractivity contribution in [2.75, 3.05) is 0 Å². The number of carbonyl (C=O) groups excluding carboxylic acids is 1. The number of alkyl halides is 3. The summed E-state index contributed by atoms with van der Waals surface area (Å²) in [5, 5.41) is 2.44. The number of nitrogens with one attached hydrogen (secondary N) is 1. The molecule has 0 bridgehead atoms. The average molecular weight is 269 g/mol. The maximum atomic E-state index is 12.4. The zero-order chi connectivity index (χ0) is 13.9. The number of amides is 1. The summed E-state index contributed by atoms with van der Waals surface area (Å²) in [5.41, 5.74) is -0.156. The van der Waals surface area contributed by atoms with E-state index in [1.54, 1.807) is 12.1 Å². The van der Waals surface area contributed by atoms with Gasteiger partial charge in [0, 0.05) is 5.56 Å². The van der Waals surface area contributed by atoms with Gasteiger partial charge < -0.3 is 9.73 Å². The molecule has 0 aliphatic rings. The SMILES string of the molecule is O=CNCc1ccc(-c2ccc(C(F)(F)F)cc2)o1. The maximum Gasteiger partial charge on any atom is 0.416 e. The molecule has 0 aliphatic heterocycles. The Kier molecular flexibility index (Phi) is 3.59. The zero-order valence-electron chi connectivity index (χ0n) is 9.70. The van der Waals surface area contributed by atoms with E-state index >= 15 is 0 Å². The van der Waals surface area contributed by atoms with E-state index in [0.29, 0.717) is 23.5 Å². The topological polar surface area (TPSA) is 42.2 Å². The monoisotopic (exact) mass is 269 g/mol. The van der Waals surface area contributed by atoms with Gasteiger partial charge in [0.15, 0.2) is 0 Å². The fourth-order valence-electron chi connectivity index (χ4n) is 1.59. The molecule has 0 saturated heterocycles. The maximum absolute atomic E-state index is 12.4. The summed E-state index contributed by atoms with van der Waals surface area (Å²) in [6.45, 7) is 0.240. The van der Waals surface area contributed by atoms with Gasteiger partial charge in [-0.05, 0) is 24.3 Å². The molecule has 0 unspecified atom stereocenters. The Labute approximate surface area is 107 Å². The Morgan fingerprint density at radius 3 is 2.37 bits per heavy atom. The molecule has 19 heavy (non-hydrogen) atoms. The molecule has 1 aromatic carbocycles. The lowest BCUT2D eigenvalue weighted by atomic mass is 10.1. The molecule has 0 fully saturated rings. The molecular weight excluding hydrogens is 259 g/mol. The van der Waals surface area contributed by atoms with Crippen LogP contribution >= 0.6 is 0 Å². The second-order valence-electron chi connectivity index (χ2n) is 3.84. The van der Waals surface area contributed by atoms with Crippen LogP contribution in [0.5, 0.6) is 0 Å². The molecule has 100 valence electrons. The molecule has 3 nitrogen and oxygen atoms in total. The third-order valence-corrected chi connectivity index (χ3v) is 2.52. The van der Waals surface area contributed by atoms with Gasteiger partial charge in [-0.25, -0.2) is 0 Å². The van der Waals surface area contributed by atoms with Gasteiger partial charge in [0.25, 0.3) is 0 Å². The number of benzene rings is 1. The third kappa shape index (κ3) is 3.15. The van der Waals surface area contributed by atoms with Crippen molar-refractivity contribution in [1.82, 2.24) is 5.32 Å². The van der Waals surface area contributed by atoms with Crippen molar-refractivity contribution < 1.29 is 22.4 Å². The van der Waals surface area contributed by atoms with Crippen LogP contribution < -0.4 is 5.32 Å². The number of carbonyl (C=O) groups is 1. The molecule has 2 aromatic rings. The van der Waals surface area contributed by atoms with E-state index in [-0.39, 0.29) is 6.54 Å². The van der Waals surface area contributed by atoms with E-state index in [1.807, 2.05) is 0 Å². The normalized spacial score (nSPS) is 11.3. The molecule has 1 aromatic heterocycles. The second-order valence-corrected chi connectivity index (χ2v) is 3.84. The number of furan rings is 1. The minimum absolute atomic E-state index is 0.240. The van der Waals surface area contributed by atoms with Gasteiger partial charge >= 0.3 is 6.18 Å². The van der Waals surface area contributed by atoms with Gasteiger partial charge in [0.2, 0.25) is 6.41 Å². The highest BCUT2D eigenvalue weighted by Gasteiger charge is 2.30. The summed E-state index contributed by atoms with van der Waals surface area (Å²) in [5.74, 6) is 0.985. The van der Waals surface area contributed by atoms with Crippen LogP contribution in [0.4, 0.5) is 13.2 Å². The fraction of sp³-hybridized carbons (Fsp3) is 0.154. The number of rotatable bonds is 4. The summed E-state index contributed by atoms with van der Waals surface area (Å²) in [6.07, 6.45) is -3.80. The highest BCUT2D eigenvalue weighted by molar-refractivity contribution is 5.58. The quantitative estimate of drug-likeness (QED) is 0.866. The smallest absolute Gasteiger partial charge is 0.416 e. The Morgan fingerprint density at radius 1 is 1.11 bits per heavy atom. The summed E-state index contributed by atoms with van der Waals surface area (Å²) < 4.78 is 42.6. The molecule has 1 heterocycles.